The van der Waals surface area contributed by atoms with Gasteiger partial charge in [-0.15, -0.1) is 0 Å². The van der Waals surface area contributed by atoms with E-state index in [9.17, 15) is 9.18 Å². The van der Waals surface area contributed by atoms with Gasteiger partial charge < -0.3 is 9.26 Å². The highest BCUT2D eigenvalue weighted by molar-refractivity contribution is 6.31. The van der Waals surface area contributed by atoms with Gasteiger partial charge in [0.2, 0.25) is 0 Å². The standard InChI is InChI=1S/C17H13ClFN3O3/c1-10-8-13(6-7-14(10)18)24-9-15(23)20-17-21-16(25-22-17)11-2-4-12(19)5-3-11/h2-8H,9H2,1H3,(H,20,22,23). The zero-order valence-corrected chi connectivity index (χ0v) is 13.9. The summed E-state index contributed by atoms with van der Waals surface area (Å²) in [5.41, 5.74) is 1.39. The summed E-state index contributed by atoms with van der Waals surface area (Å²) in [5, 5.41) is 6.73. The van der Waals surface area contributed by atoms with Gasteiger partial charge in [-0.2, -0.15) is 4.98 Å². The number of halogens is 2. The van der Waals surface area contributed by atoms with Gasteiger partial charge in [0.15, 0.2) is 6.61 Å². The number of nitrogens with zero attached hydrogens (tertiary/aromatic N) is 2. The summed E-state index contributed by atoms with van der Waals surface area (Å²) in [6, 6.07) is 10.7. The van der Waals surface area contributed by atoms with Crippen molar-refractivity contribution in [1.82, 2.24) is 10.1 Å². The van der Waals surface area contributed by atoms with Crippen molar-refractivity contribution in [2.24, 2.45) is 0 Å². The lowest BCUT2D eigenvalue weighted by molar-refractivity contribution is -0.118. The molecule has 128 valence electrons. The first-order valence-electron chi connectivity index (χ1n) is 7.30. The Hall–Kier alpha value is -2.93. The van der Waals surface area contributed by atoms with Gasteiger partial charge in [0, 0.05) is 10.6 Å². The second-order valence-electron chi connectivity index (χ2n) is 5.18. The molecule has 0 radical (unpaired) electrons. The molecule has 0 aliphatic heterocycles. The van der Waals surface area contributed by atoms with Gasteiger partial charge in [-0.05, 0) is 60.1 Å². The van der Waals surface area contributed by atoms with Crippen molar-refractivity contribution in [3.63, 3.8) is 0 Å². The van der Waals surface area contributed by atoms with Gasteiger partial charge in [0.1, 0.15) is 11.6 Å². The molecule has 0 aliphatic rings. The highest BCUT2D eigenvalue weighted by Crippen LogP contribution is 2.21. The number of rotatable bonds is 5. The first kappa shape index (κ1) is 16.9. The van der Waals surface area contributed by atoms with Crippen LogP contribution in [0.2, 0.25) is 5.02 Å². The molecule has 0 atom stereocenters. The molecule has 6 nitrogen and oxygen atoms in total. The third-order valence-corrected chi connectivity index (χ3v) is 3.69. The Balaban J connectivity index is 1.58. The third kappa shape index (κ3) is 4.33. The monoisotopic (exact) mass is 361 g/mol. The molecule has 8 heteroatoms. The molecule has 0 unspecified atom stereocenters. The minimum absolute atomic E-state index is 0.000196. The fraction of sp³-hybridized carbons (Fsp3) is 0.118. The molecule has 1 aromatic heterocycles. The van der Waals surface area contributed by atoms with E-state index < -0.39 is 5.91 Å². The number of carbonyl (C=O) groups is 1. The van der Waals surface area contributed by atoms with Crippen molar-refractivity contribution in [1.29, 1.82) is 0 Å². The number of nitrogens with one attached hydrogen (secondary N) is 1. The number of hydrogen-bond acceptors (Lipinski definition) is 5. The maximum Gasteiger partial charge on any atom is 0.270 e. The Labute approximate surface area is 147 Å². The lowest BCUT2D eigenvalue weighted by atomic mass is 10.2. The molecule has 2 aromatic carbocycles. The van der Waals surface area contributed by atoms with Gasteiger partial charge in [-0.25, -0.2) is 4.39 Å². The van der Waals surface area contributed by atoms with Gasteiger partial charge in [-0.3, -0.25) is 10.1 Å². The minimum Gasteiger partial charge on any atom is -0.484 e. The largest absolute Gasteiger partial charge is 0.484 e. The molecule has 3 rings (SSSR count). The lowest BCUT2D eigenvalue weighted by Gasteiger charge is -2.06. The van der Waals surface area contributed by atoms with E-state index in [4.69, 9.17) is 20.9 Å². The van der Waals surface area contributed by atoms with E-state index in [0.29, 0.717) is 16.3 Å². The molecule has 0 fully saturated rings. The van der Waals surface area contributed by atoms with Crippen molar-refractivity contribution in [3.05, 3.63) is 58.9 Å². The first-order valence-corrected chi connectivity index (χ1v) is 7.67. The van der Waals surface area contributed by atoms with Crippen LogP contribution in [0.1, 0.15) is 5.56 Å². The van der Waals surface area contributed by atoms with Crippen molar-refractivity contribution in [2.75, 3.05) is 11.9 Å². The number of amides is 1. The molecule has 3 aromatic rings. The van der Waals surface area contributed by atoms with Crippen LogP contribution in [0, 0.1) is 12.7 Å². The first-order chi connectivity index (χ1) is 12.0. The third-order valence-electron chi connectivity index (χ3n) is 3.27. The normalized spacial score (nSPS) is 10.5. The van der Waals surface area contributed by atoms with Crippen LogP contribution in [0.3, 0.4) is 0 Å². The number of hydrogen-bond donors (Lipinski definition) is 1. The number of anilines is 1. The smallest absolute Gasteiger partial charge is 0.270 e. The van der Waals surface area contributed by atoms with Crippen LogP contribution in [-0.2, 0) is 4.79 Å². The average Bonchev–Trinajstić information content (AvgIpc) is 3.05. The van der Waals surface area contributed by atoms with E-state index in [1.165, 1.54) is 24.3 Å². The number of ether oxygens (including phenoxy) is 1. The maximum absolute atomic E-state index is 12.9. The molecule has 0 saturated carbocycles. The molecule has 0 spiro atoms. The highest BCUT2D eigenvalue weighted by Gasteiger charge is 2.12. The Morgan fingerprint density at radius 1 is 1.28 bits per heavy atom. The van der Waals surface area contributed by atoms with Crippen LogP contribution < -0.4 is 10.1 Å². The van der Waals surface area contributed by atoms with Crippen LogP contribution in [0.25, 0.3) is 11.5 Å². The second-order valence-corrected chi connectivity index (χ2v) is 5.59. The molecule has 1 amide bonds. The predicted octanol–water partition coefficient (Wildman–Crippen LogP) is 3.86. The summed E-state index contributed by atoms with van der Waals surface area (Å²) in [4.78, 5) is 15.9. The predicted molar refractivity (Wildman–Crippen MR) is 90.0 cm³/mol. The second kappa shape index (κ2) is 7.31. The number of aromatic nitrogens is 2. The molecular formula is C17H13ClFN3O3. The molecule has 25 heavy (non-hydrogen) atoms. The SMILES string of the molecule is Cc1cc(OCC(=O)Nc2noc(-c3ccc(F)cc3)n2)ccc1Cl. The number of aryl methyl sites for hydroxylation is 1. The Bertz CT molecular complexity index is 896. The van der Waals surface area contributed by atoms with Crippen LogP contribution in [-0.4, -0.2) is 22.7 Å². The number of benzene rings is 2. The molecule has 1 N–H and O–H groups in total. The fourth-order valence-electron chi connectivity index (χ4n) is 2.00. The minimum atomic E-state index is -0.445. The quantitative estimate of drug-likeness (QED) is 0.746. The van der Waals surface area contributed by atoms with Crippen LogP contribution >= 0.6 is 11.6 Å². The topological polar surface area (TPSA) is 77.2 Å². The Morgan fingerprint density at radius 2 is 2.04 bits per heavy atom. The molecule has 0 bridgehead atoms. The van der Waals surface area contributed by atoms with Crippen LogP contribution in [0.5, 0.6) is 5.75 Å². The summed E-state index contributed by atoms with van der Waals surface area (Å²) in [6.45, 7) is 1.62. The van der Waals surface area contributed by atoms with E-state index in [1.807, 2.05) is 6.92 Å². The van der Waals surface area contributed by atoms with E-state index in [0.717, 1.165) is 5.56 Å². The van der Waals surface area contributed by atoms with E-state index in [-0.39, 0.29) is 24.3 Å². The molecule has 0 aliphatic carbocycles. The molecular weight excluding hydrogens is 349 g/mol. The van der Waals surface area contributed by atoms with Gasteiger partial charge in [0.25, 0.3) is 17.7 Å². The van der Waals surface area contributed by atoms with Crippen molar-refractivity contribution < 1.29 is 18.4 Å². The van der Waals surface area contributed by atoms with Crippen molar-refractivity contribution in [2.45, 2.75) is 6.92 Å². The average molecular weight is 362 g/mol. The summed E-state index contributed by atoms with van der Waals surface area (Å²) >= 11 is 5.93. The van der Waals surface area contributed by atoms with E-state index in [2.05, 4.69) is 15.5 Å². The zero-order chi connectivity index (χ0) is 17.8. The molecule has 0 saturated heterocycles. The highest BCUT2D eigenvalue weighted by atomic mass is 35.5. The number of carbonyl (C=O) groups excluding carboxylic acids is 1. The van der Waals surface area contributed by atoms with Gasteiger partial charge in [-0.1, -0.05) is 11.6 Å². The van der Waals surface area contributed by atoms with E-state index >= 15 is 0 Å². The Morgan fingerprint density at radius 3 is 2.76 bits per heavy atom. The summed E-state index contributed by atoms with van der Waals surface area (Å²) in [6.07, 6.45) is 0. The van der Waals surface area contributed by atoms with Crippen molar-refractivity contribution in [3.8, 4) is 17.2 Å². The lowest BCUT2D eigenvalue weighted by Crippen LogP contribution is -2.20. The zero-order valence-electron chi connectivity index (χ0n) is 13.1. The van der Waals surface area contributed by atoms with Crippen LogP contribution in [0.15, 0.2) is 47.0 Å². The summed E-state index contributed by atoms with van der Waals surface area (Å²) in [7, 11) is 0. The van der Waals surface area contributed by atoms with Crippen LogP contribution in [0.4, 0.5) is 10.3 Å². The Kier molecular flexibility index (Phi) is 4.95. The van der Waals surface area contributed by atoms with Gasteiger partial charge >= 0.3 is 0 Å². The van der Waals surface area contributed by atoms with Gasteiger partial charge in [0.05, 0.1) is 0 Å². The summed E-state index contributed by atoms with van der Waals surface area (Å²) < 4.78 is 23.3. The summed E-state index contributed by atoms with van der Waals surface area (Å²) in [5.74, 6) is -0.118. The van der Waals surface area contributed by atoms with Crippen molar-refractivity contribution >= 4 is 23.5 Å². The molecule has 1 heterocycles. The fourth-order valence-corrected chi connectivity index (χ4v) is 2.12. The van der Waals surface area contributed by atoms with E-state index in [1.54, 1.807) is 18.2 Å². The maximum atomic E-state index is 12.9.